The molecule has 1 N–H and O–H groups in total. The van der Waals surface area contributed by atoms with Crippen LogP contribution in [0.3, 0.4) is 0 Å². The van der Waals surface area contributed by atoms with Gasteiger partial charge in [-0.15, -0.1) is 11.3 Å². The van der Waals surface area contributed by atoms with Crippen molar-refractivity contribution in [2.75, 3.05) is 0 Å². The molecule has 106 valence electrons. The molecule has 2 aromatic heterocycles. The molecule has 0 atom stereocenters. The Morgan fingerprint density at radius 2 is 2.40 bits per heavy atom. The van der Waals surface area contributed by atoms with Crippen LogP contribution in [0.5, 0.6) is 0 Å². The van der Waals surface area contributed by atoms with E-state index in [9.17, 15) is 4.79 Å². The number of hydrogen-bond donors (Lipinski definition) is 1. The van der Waals surface area contributed by atoms with Crippen LogP contribution < -0.4 is 5.32 Å². The minimum atomic E-state index is 0.0256. The summed E-state index contributed by atoms with van der Waals surface area (Å²) in [7, 11) is 0. The Labute approximate surface area is 129 Å². The molecule has 0 bridgehead atoms. The van der Waals surface area contributed by atoms with Crippen molar-refractivity contribution in [3.05, 3.63) is 32.9 Å². The van der Waals surface area contributed by atoms with Gasteiger partial charge in [0.2, 0.25) is 5.91 Å². The number of nitrogens with one attached hydrogen (secondary N) is 1. The van der Waals surface area contributed by atoms with Gasteiger partial charge in [0.1, 0.15) is 0 Å². The summed E-state index contributed by atoms with van der Waals surface area (Å²) in [5.74, 6) is 0.709. The maximum Gasteiger partial charge on any atom is 0.222 e. The first-order valence-corrected chi connectivity index (χ1v) is 8.27. The Morgan fingerprint density at radius 3 is 3.10 bits per heavy atom. The molecule has 2 aromatic rings. The van der Waals surface area contributed by atoms with E-state index in [1.165, 1.54) is 17.8 Å². The number of rotatable bonds is 6. The fraction of sp³-hybridized carbons (Fsp3) is 0.462. The van der Waals surface area contributed by atoms with Crippen molar-refractivity contribution in [3.63, 3.8) is 0 Å². The van der Waals surface area contributed by atoms with Crippen LogP contribution >= 0.6 is 27.3 Å². The molecule has 20 heavy (non-hydrogen) atoms. The zero-order valence-electron chi connectivity index (χ0n) is 10.9. The normalized spacial score (nSPS) is 14.4. The molecule has 1 aliphatic rings. The zero-order valence-corrected chi connectivity index (χ0v) is 13.3. The highest BCUT2D eigenvalue weighted by Crippen LogP contribution is 2.41. The lowest BCUT2D eigenvalue weighted by Gasteiger charge is -2.03. The van der Waals surface area contributed by atoms with Gasteiger partial charge in [-0.25, -0.2) is 4.98 Å². The van der Waals surface area contributed by atoms with E-state index in [2.05, 4.69) is 31.3 Å². The smallest absolute Gasteiger partial charge is 0.222 e. The lowest BCUT2D eigenvalue weighted by atomic mass is 10.3. The highest BCUT2D eigenvalue weighted by atomic mass is 79.9. The predicted molar refractivity (Wildman–Crippen MR) is 80.5 cm³/mol. The second kappa shape index (κ2) is 6.05. The summed E-state index contributed by atoms with van der Waals surface area (Å²) in [5.41, 5.74) is 0.965. The molecule has 1 amide bonds. The molecule has 2 heterocycles. The van der Waals surface area contributed by atoms with Crippen molar-refractivity contribution >= 4 is 33.2 Å². The summed E-state index contributed by atoms with van der Waals surface area (Å²) in [6, 6.07) is 0. The molecule has 0 saturated heterocycles. The average molecular weight is 355 g/mol. The van der Waals surface area contributed by atoms with Gasteiger partial charge in [0.25, 0.3) is 0 Å². The number of aromatic nitrogens is 3. The number of thiazole rings is 1. The van der Waals surface area contributed by atoms with E-state index in [0.29, 0.717) is 25.4 Å². The van der Waals surface area contributed by atoms with Gasteiger partial charge in [-0.2, -0.15) is 5.10 Å². The van der Waals surface area contributed by atoms with Crippen LogP contribution in [-0.4, -0.2) is 20.7 Å². The molecule has 0 aliphatic heterocycles. The largest absolute Gasteiger partial charge is 0.350 e. The third kappa shape index (κ3) is 3.67. The van der Waals surface area contributed by atoms with E-state index >= 15 is 0 Å². The van der Waals surface area contributed by atoms with Gasteiger partial charge in [0.05, 0.1) is 27.9 Å². The topological polar surface area (TPSA) is 59.8 Å². The van der Waals surface area contributed by atoms with Crippen LogP contribution in [0.2, 0.25) is 0 Å². The van der Waals surface area contributed by atoms with Crippen LogP contribution in [0, 0.1) is 0 Å². The second-order valence-corrected chi connectivity index (χ2v) is 6.71. The maximum atomic E-state index is 11.8. The standard InChI is InChI=1S/C13H15BrN4OS/c14-10-5-16-18(7-10)4-3-12(19)15-6-11-8-20-13(17-11)9-1-2-9/h5,7-9H,1-4,6H2,(H,15,19). The fourth-order valence-corrected chi connectivity index (χ4v) is 3.19. The Morgan fingerprint density at radius 1 is 1.55 bits per heavy atom. The van der Waals surface area contributed by atoms with Crippen LogP contribution in [0.1, 0.15) is 35.9 Å². The summed E-state index contributed by atoms with van der Waals surface area (Å²) in [5, 5.41) is 10.3. The second-order valence-electron chi connectivity index (χ2n) is 4.90. The summed E-state index contributed by atoms with van der Waals surface area (Å²) >= 11 is 5.03. The van der Waals surface area contributed by atoms with Crippen LogP contribution in [-0.2, 0) is 17.9 Å². The summed E-state index contributed by atoms with van der Waals surface area (Å²) < 4.78 is 2.67. The van der Waals surface area contributed by atoms with Gasteiger partial charge in [-0.3, -0.25) is 9.48 Å². The van der Waals surface area contributed by atoms with E-state index < -0.39 is 0 Å². The SMILES string of the molecule is O=C(CCn1cc(Br)cn1)NCc1csc(C2CC2)n1. The van der Waals surface area contributed by atoms with Gasteiger partial charge in [0.15, 0.2) is 0 Å². The first-order chi connectivity index (χ1) is 9.70. The van der Waals surface area contributed by atoms with E-state index in [1.54, 1.807) is 22.2 Å². The highest BCUT2D eigenvalue weighted by molar-refractivity contribution is 9.10. The Kier molecular flexibility index (Phi) is 4.16. The molecular formula is C13H15BrN4OS. The van der Waals surface area contributed by atoms with Crippen LogP contribution in [0.15, 0.2) is 22.2 Å². The zero-order chi connectivity index (χ0) is 13.9. The van der Waals surface area contributed by atoms with Gasteiger partial charge in [-0.1, -0.05) is 0 Å². The van der Waals surface area contributed by atoms with Gasteiger partial charge in [-0.05, 0) is 28.8 Å². The van der Waals surface area contributed by atoms with Crippen LogP contribution in [0.4, 0.5) is 0 Å². The molecule has 7 heteroatoms. The van der Waals surface area contributed by atoms with Crippen molar-refractivity contribution in [1.29, 1.82) is 0 Å². The van der Waals surface area contributed by atoms with Crippen molar-refractivity contribution in [2.24, 2.45) is 0 Å². The minimum absolute atomic E-state index is 0.0256. The lowest BCUT2D eigenvalue weighted by molar-refractivity contribution is -0.121. The lowest BCUT2D eigenvalue weighted by Crippen LogP contribution is -2.24. The van der Waals surface area contributed by atoms with E-state index in [-0.39, 0.29) is 5.91 Å². The third-order valence-corrected chi connectivity index (χ3v) is 4.60. The van der Waals surface area contributed by atoms with Crippen molar-refractivity contribution in [3.8, 4) is 0 Å². The average Bonchev–Trinajstić information content (AvgIpc) is 3.03. The first kappa shape index (κ1) is 13.8. The van der Waals surface area contributed by atoms with Gasteiger partial charge < -0.3 is 5.32 Å². The Hall–Kier alpha value is -1.21. The molecule has 0 radical (unpaired) electrons. The number of carbonyl (C=O) groups excluding carboxylic acids is 1. The maximum absolute atomic E-state index is 11.8. The number of carbonyl (C=O) groups is 1. The minimum Gasteiger partial charge on any atom is -0.350 e. The number of hydrogen-bond acceptors (Lipinski definition) is 4. The molecule has 1 aliphatic carbocycles. The molecule has 0 spiro atoms. The molecule has 1 fully saturated rings. The number of amides is 1. The molecule has 3 rings (SSSR count). The molecule has 5 nitrogen and oxygen atoms in total. The van der Waals surface area contributed by atoms with E-state index in [0.717, 1.165) is 10.2 Å². The predicted octanol–water partition coefficient (Wildman–Crippen LogP) is 2.69. The summed E-state index contributed by atoms with van der Waals surface area (Å²) in [6.07, 6.45) is 6.52. The molecule has 1 saturated carbocycles. The van der Waals surface area contributed by atoms with Crippen molar-refractivity contribution in [1.82, 2.24) is 20.1 Å². The van der Waals surface area contributed by atoms with E-state index in [1.807, 2.05) is 11.6 Å². The number of aryl methyl sites for hydroxylation is 1. The Bertz CT molecular complexity index is 605. The Balaban J connectivity index is 1.41. The van der Waals surface area contributed by atoms with Gasteiger partial charge >= 0.3 is 0 Å². The first-order valence-electron chi connectivity index (χ1n) is 6.59. The molecular weight excluding hydrogens is 340 g/mol. The van der Waals surface area contributed by atoms with Crippen LogP contribution in [0.25, 0.3) is 0 Å². The van der Waals surface area contributed by atoms with Crippen molar-refractivity contribution in [2.45, 2.75) is 38.3 Å². The molecule has 0 unspecified atom stereocenters. The summed E-state index contributed by atoms with van der Waals surface area (Å²) in [4.78, 5) is 16.3. The van der Waals surface area contributed by atoms with Crippen molar-refractivity contribution < 1.29 is 4.79 Å². The number of halogens is 1. The quantitative estimate of drug-likeness (QED) is 0.867. The molecule has 0 aromatic carbocycles. The number of nitrogens with zero attached hydrogens (tertiary/aromatic N) is 3. The van der Waals surface area contributed by atoms with Gasteiger partial charge in [0, 0.05) is 30.5 Å². The highest BCUT2D eigenvalue weighted by Gasteiger charge is 2.26. The monoisotopic (exact) mass is 354 g/mol. The third-order valence-electron chi connectivity index (χ3n) is 3.13. The van der Waals surface area contributed by atoms with E-state index in [4.69, 9.17) is 0 Å². The fourth-order valence-electron chi connectivity index (χ4n) is 1.88. The summed E-state index contributed by atoms with van der Waals surface area (Å²) in [6.45, 7) is 1.10.